The van der Waals surface area contributed by atoms with Gasteiger partial charge in [-0.25, -0.2) is 0 Å². The van der Waals surface area contributed by atoms with Gasteiger partial charge < -0.3 is 0 Å². The van der Waals surface area contributed by atoms with E-state index in [4.69, 9.17) is 0 Å². The molecule has 3 aromatic rings. The van der Waals surface area contributed by atoms with Gasteiger partial charge in [0.1, 0.15) is 5.69 Å². The molecule has 0 bridgehead atoms. The molecule has 0 saturated carbocycles. The van der Waals surface area contributed by atoms with E-state index in [0.717, 1.165) is 28.7 Å². The van der Waals surface area contributed by atoms with Crippen LogP contribution in [-0.2, 0) is 6.42 Å². The first-order valence-corrected chi connectivity index (χ1v) is 7.62. The zero-order valence-electron chi connectivity index (χ0n) is 10.9. The highest BCUT2D eigenvalue weighted by Crippen LogP contribution is 2.18. The van der Waals surface area contributed by atoms with E-state index in [1.54, 1.807) is 11.0 Å². The highest BCUT2D eigenvalue weighted by atomic mass is 79.9. The molecular formula is C16H14BrN3. The van der Waals surface area contributed by atoms with Gasteiger partial charge in [-0.2, -0.15) is 9.90 Å². The Morgan fingerprint density at radius 2 is 1.70 bits per heavy atom. The van der Waals surface area contributed by atoms with Crippen molar-refractivity contribution >= 4 is 15.9 Å². The summed E-state index contributed by atoms with van der Waals surface area (Å²) in [6.45, 7) is 0. The summed E-state index contributed by atoms with van der Waals surface area (Å²) in [5, 5.41) is 9.82. The summed E-state index contributed by atoms with van der Waals surface area (Å²) < 4.78 is 0. The van der Waals surface area contributed by atoms with Crippen molar-refractivity contribution in [2.45, 2.75) is 6.42 Å². The normalized spacial score (nSPS) is 10.7. The summed E-state index contributed by atoms with van der Waals surface area (Å²) in [5.41, 5.74) is 4.26. The number of alkyl halides is 1. The van der Waals surface area contributed by atoms with Crippen LogP contribution in [0.25, 0.3) is 16.9 Å². The first kappa shape index (κ1) is 13.1. The number of aryl methyl sites for hydroxylation is 1. The molecule has 0 aliphatic heterocycles. The number of hydrogen-bond acceptors (Lipinski definition) is 2. The lowest BCUT2D eigenvalue weighted by Gasteiger charge is -2.00. The second-order valence-corrected chi connectivity index (χ2v) is 5.28. The van der Waals surface area contributed by atoms with Crippen molar-refractivity contribution in [3.8, 4) is 16.9 Å². The van der Waals surface area contributed by atoms with Crippen LogP contribution in [-0.4, -0.2) is 20.3 Å². The van der Waals surface area contributed by atoms with Gasteiger partial charge in [-0.15, -0.1) is 5.10 Å². The zero-order valence-corrected chi connectivity index (χ0v) is 12.5. The van der Waals surface area contributed by atoms with Crippen LogP contribution in [0.5, 0.6) is 0 Å². The average Bonchev–Trinajstić information content (AvgIpc) is 2.99. The molecule has 2 aromatic carbocycles. The van der Waals surface area contributed by atoms with Gasteiger partial charge in [-0.3, -0.25) is 0 Å². The maximum atomic E-state index is 4.52. The summed E-state index contributed by atoms with van der Waals surface area (Å²) in [7, 11) is 0. The minimum Gasteiger partial charge on any atom is -0.156 e. The molecule has 0 fully saturated rings. The van der Waals surface area contributed by atoms with Crippen LogP contribution in [0.4, 0.5) is 0 Å². The third kappa shape index (κ3) is 2.80. The molecule has 0 aliphatic carbocycles. The molecule has 0 amide bonds. The minimum atomic E-state index is 0.888. The van der Waals surface area contributed by atoms with Crippen LogP contribution >= 0.6 is 15.9 Å². The molecule has 0 aliphatic rings. The van der Waals surface area contributed by atoms with Gasteiger partial charge in [-0.1, -0.05) is 58.4 Å². The van der Waals surface area contributed by atoms with Crippen molar-refractivity contribution in [1.82, 2.24) is 15.0 Å². The second-order valence-electron chi connectivity index (χ2n) is 4.49. The molecule has 3 rings (SSSR count). The van der Waals surface area contributed by atoms with E-state index in [1.807, 2.05) is 30.3 Å². The third-order valence-corrected chi connectivity index (χ3v) is 3.51. The van der Waals surface area contributed by atoms with Crippen molar-refractivity contribution in [2.24, 2.45) is 0 Å². The Hall–Kier alpha value is -1.94. The van der Waals surface area contributed by atoms with Gasteiger partial charge in [0.05, 0.1) is 11.9 Å². The standard InChI is InChI=1S/C16H14BrN3/c17-11-10-13-6-8-14(9-7-13)16-12-18-20(19-16)15-4-2-1-3-5-15/h1-9,12H,10-11H2. The van der Waals surface area contributed by atoms with E-state index in [9.17, 15) is 0 Å². The molecule has 100 valence electrons. The molecule has 4 heteroatoms. The van der Waals surface area contributed by atoms with Gasteiger partial charge in [0.2, 0.25) is 0 Å². The van der Waals surface area contributed by atoms with E-state index in [2.05, 4.69) is 50.4 Å². The number of para-hydroxylation sites is 1. The van der Waals surface area contributed by atoms with Crippen molar-refractivity contribution in [3.63, 3.8) is 0 Å². The minimum absolute atomic E-state index is 0.888. The summed E-state index contributed by atoms with van der Waals surface area (Å²) in [5.74, 6) is 0. The average molecular weight is 328 g/mol. The van der Waals surface area contributed by atoms with E-state index < -0.39 is 0 Å². The fraction of sp³-hybridized carbons (Fsp3) is 0.125. The maximum absolute atomic E-state index is 4.52. The molecule has 0 unspecified atom stereocenters. The Labute approximate surface area is 126 Å². The first-order chi connectivity index (χ1) is 9.86. The van der Waals surface area contributed by atoms with E-state index in [1.165, 1.54) is 5.56 Å². The quantitative estimate of drug-likeness (QED) is 0.681. The molecule has 0 radical (unpaired) electrons. The molecule has 0 spiro atoms. The van der Waals surface area contributed by atoms with E-state index >= 15 is 0 Å². The third-order valence-electron chi connectivity index (χ3n) is 3.11. The van der Waals surface area contributed by atoms with Crippen molar-refractivity contribution in [3.05, 3.63) is 66.4 Å². The zero-order chi connectivity index (χ0) is 13.8. The van der Waals surface area contributed by atoms with E-state index in [-0.39, 0.29) is 0 Å². The van der Waals surface area contributed by atoms with Crippen molar-refractivity contribution in [2.75, 3.05) is 5.33 Å². The lowest BCUT2D eigenvalue weighted by Crippen LogP contribution is -1.97. The fourth-order valence-electron chi connectivity index (χ4n) is 2.03. The van der Waals surface area contributed by atoms with Crippen molar-refractivity contribution in [1.29, 1.82) is 0 Å². The molecule has 1 aromatic heterocycles. The highest BCUT2D eigenvalue weighted by molar-refractivity contribution is 9.09. The Bertz CT molecular complexity index is 674. The van der Waals surface area contributed by atoms with Crippen LogP contribution in [0, 0.1) is 0 Å². The Morgan fingerprint density at radius 3 is 2.40 bits per heavy atom. The number of hydrogen-bond donors (Lipinski definition) is 0. The molecule has 20 heavy (non-hydrogen) atoms. The van der Waals surface area contributed by atoms with Gasteiger partial charge in [0.15, 0.2) is 0 Å². The summed E-state index contributed by atoms with van der Waals surface area (Å²) >= 11 is 3.45. The number of nitrogens with zero attached hydrogens (tertiary/aromatic N) is 3. The molecule has 1 heterocycles. The van der Waals surface area contributed by atoms with Gasteiger partial charge in [0.25, 0.3) is 0 Å². The molecule has 3 nitrogen and oxygen atoms in total. The monoisotopic (exact) mass is 327 g/mol. The second kappa shape index (κ2) is 6.01. The van der Waals surface area contributed by atoms with Crippen molar-refractivity contribution < 1.29 is 0 Å². The summed E-state index contributed by atoms with van der Waals surface area (Å²) in [6.07, 6.45) is 2.84. The van der Waals surface area contributed by atoms with E-state index in [0.29, 0.717) is 0 Å². The smallest absolute Gasteiger partial charge is 0.113 e. The summed E-state index contributed by atoms with van der Waals surface area (Å²) in [6, 6.07) is 18.4. The number of halogens is 1. The molecular weight excluding hydrogens is 314 g/mol. The van der Waals surface area contributed by atoms with Gasteiger partial charge in [-0.05, 0) is 24.1 Å². The summed E-state index contributed by atoms with van der Waals surface area (Å²) in [4.78, 5) is 1.65. The van der Waals surface area contributed by atoms with Crippen LogP contribution in [0.2, 0.25) is 0 Å². The number of benzene rings is 2. The molecule has 0 atom stereocenters. The van der Waals surface area contributed by atoms with Gasteiger partial charge in [0, 0.05) is 10.9 Å². The van der Waals surface area contributed by atoms with Crippen LogP contribution in [0.1, 0.15) is 5.56 Å². The predicted octanol–water partition coefficient (Wildman–Crippen LogP) is 3.87. The van der Waals surface area contributed by atoms with Crippen LogP contribution < -0.4 is 0 Å². The van der Waals surface area contributed by atoms with Crippen LogP contribution in [0.3, 0.4) is 0 Å². The predicted molar refractivity (Wildman–Crippen MR) is 84.3 cm³/mol. The van der Waals surface area contributed by atoms with Gasteiger partial charge >= 0.3 is 0 Å². The maximum Gasteiger partial charge on any atom is 0.113 e. The Morgan fingerprint density at radius 1 is 0.950 bits per heavy atom. The fourth-order valence-corrected chi connectivity index (χ4v) is 2.49. The molecule has 0 N–H and O–H groups in total. The lowest BCUT2D eigenvalue weighted by atomic mass is 10.1. The Kier molecular flexibility index (Phi) is 3.92. The highest BCUT2D eigenvalue weighted by Gasteiger charge is 2.05. The SMILES string of the molecule is BrCCc1ccc(-c2cnn(-c3ccccc3)n2)cc1. The van der Waals surface area contributed by atoms with Crippen LogP contribution in [0.15, 0.2) is 60.8 Å². The lowest BCUT2D eigenvalue weighted by molar-refractivity contribution is 0.754. The Balaban J connectivity index is 1.86. The largest absolute Gasteiger partial charge is 0.156 e. The first-order valence-electron chi connectivity index (χ1n) is 6.50. The molecule has 0 saturated heterocycles. The number of rotatable bonds is 4. The topological polar surface area (TPSA) is 30.7 Å². The number of aromatic nitrogens is 3.